The van der Waals surface area contributed by atoms with E-state index in [1.54, 1.807) is 25.7 Å². The molecule has 1 aromatic carbocycles. The number of allylic oxidation sites excluding steroid dienone is 1. The third-order valence-corrected chi connectivity index (χ3v) is 12.3. The van der Waals surface area contributed by atoms with Crippen LogP contribution in [0.15, 0.2) is 30.4 Å². The van der Waals surface area contributed by atoms with Crippen LogP contribution >= 0.6 is 0 Å². The zero-order chi connectivity index (χ0) is 36.7. The summed E-state index contributed by atoms with van der Waals surface area (Å²) in [7, 11) is -3.89. The standard InChI is InChI=1S/C37H50N4O9S/c1-23-11-10-13-25-20-40(22-29(23)25)35(46)49-27-18-30-32(43)38-37(34(45)39-51(47,48)28-15-16-28)19-26(37)14-9-7-5-6-8-12-24(33(44)41(30)21-27)17-31(42)50-36(2,3)4/h9-11,13-14,24,26-28,30H,5-8,12,15-22H2,1-4H3,(H,38,43)(H,39,45)/b14-9-/t24-,26-,27-,30+,37-/m1/s1. The number of rotatable bonds is 6. The molecule has 5 aliphatic rings. The van der Waals surface area contributed by atoms with Crippen molar-refractivity contribution in [1.29, 1.82) is 0 Å². The number of amides is 4. The van der Waals surface area contributed by atoms with Crippen LogP contribution in [0.5, 0.6) is 0 Å². The molecule has 2 aliphatic carbocycles. The lowest BCUT2D eigenvalue weighted by molar-refractivity contribution is -0.159. The topological polar surface area (TPSA) is 168 Å². The molecule has 3 aliphatic heterocycles. The number of nitrogens with one attached hydrogen (secondary N) is 2. The summed E-state index contributed by atoms with van der Waals surface area (Å²) in [6.45, 7) is 7.93. The monoisotopic (exact) mass is 726 g/mol. The number of ether oxygens (including phenoxy) is 2. The molecule has 0 aromatic heterocycles. The van der Waals surface area contributed by atoms with Crippen molar-refractivity contribution in [3.05, 3.63) is 47.0 Å². The van der Waals surface area contributed by atoms with Gasteiger partial charge in [-0.05, 0) is 82.9 Å². The number of hydrogen-bond donors (Lipinski definition) is 2. The molecule has 278 valence electrons. The molecule has 3 fully saturated rings. The Labute approximate surface area is 299 Å². The molecule has 2 saturated carbocycles. The average Bonchev–Trinajstić information content (AvgIpc) is 3.93. The molecule has 2 N–H and O–H groups in total. The Morgan fingerprint density at radius 1 is 1.06 bits per heavy atom. The number of aryl methyl sites for hydroxylation is 1. The van der Waals surface area contributed by atoms with E-state index >= 15 is 0 Å². The minimum absolute atomic E-state index is 0.0269. The second-order valence-electron chi connectivity index (χ2n) is 15.8. The van der Waals surface area contributed by atoms with E-state index in [-0.39, 0.29) is 25.8 Å². The van der Waals surface area contributed by atoms with Crippen molar-refractivity contribution in [3.63, 3.8) is 0 Å². The van der Waals surface area contributed by atoms with E-state index in [0.717, 1.165) is 29.5 Å². The number of benzene rings is 1. The number of hydrogen-bond acceptors (Lipinski definition) is 9. The Hall–Kier alpha value is -3.94. The first-order valence-corrected chi connectivity index (χ1v) is 19.7. The van der Waals surface area contributed by atoms with E-state index in [0.29, 0.717) is 45.2 Å². The largest absolute Gasteiger partial charge is 0.460 e. The van der Waals surface area contributed by atoms with Crippen LogP contribution in [-0.4, -0.2) is 83.1 Å². The lowest BCUT2D eigenvalue weighted by atomic mass is 9.95. The van der Waals surface area contributed by atoms with Gasteiger partial charge in [-0.1, -0.05) is 43.2 Å². The van der Waals surface area contributed by atoms with Crippen LogP contribution in [-0.2, 0) is 51.8 Å². The predicted molar refractivity (Wildman–Crippen MR) is 186 cm³/mol. The van der Waals surface area contributed by atoms with E-state index in [1.165, 1.54) is 4.90 Å². The SMILES string of the molecule is Cc1cccc2c1CN(C(=O)O[C@@H]1C[C@H]3C(=O)N[C@]4(C(=O)NS(=O)(=O)C5CC5)C[C@H]4/C=C\CCCCC[C@H](CC(=O)OC(C)(C)C)C(=O)N3C1)C2. The van der Waals surface area contributed by atoms with Crippen LogP contribution < -0.4 is 10.0 Å². The van der Waals surface area contributed by atoms with E-state index in [1.807, 2.05) is 37.3 Å². The maximum atomic E-state index is 14.4. The summed E-state index contributed by atoms with van der Waals surface area (Å²) >= 11 is 0. The molecule has 1 saturated heterocycles. The third kappa shape index (κ3) is 8.42. The summed E-state index contributed by atoms with van der Waals surface area (Å²) in [6, 6.07) is 4.77. The van der Waals surface area contributed by atoms with Crippen molar-refractivity contribution in [3.8, 4) is 0 Å². The molecule has 0 spiro atoms. The molecule has 5 atom stereocenters. The van der Waals surface area contributed by atoms with Gasteiger partial charge < -0.3 is 19.7 Å². The normalized spacial score (nSPS) is 29.0. The summed E-state index contributed by atoms with van der Waals surface area (Å²) in [5.41, 5.74) is 0.912. The van der Waals surface area contributed by atoms with Gasteiger partial charge in [0.15, 0.2) is 0 Å². The summed E-state index contributed by atoms with van der Waals surface area (Å²) in [6.07, 6.45) is 6.71. The summed E-state index contributed by atoms with van der Waals surface area (Å²) < 4.78 is 39.2. The molecular weight excluding hydrogens is 676 g/mol. The number of carbonyl (C=O) groups is 5. The van der Waals surface area contributed by atoms with Gasteiger partial charge in [0, 0.05) is 31.3 Å². The van der Waals surface area contributed by atoms with Gasteiger partial charge >= 0.3 is 12.1 Å². The Balaban J connectivity index is 1.25. The van der Waals surface area contributed by atoms with Gasteiger partial charge in [0.05, 0.1) is 18.2 Å². The molecule has 51 heavy (non-hydrogen) atoms. The van der Waals surface area contributed by atoms with E-state index < -0.39 is 80.2 Å². The Morgan fingerprint density at radius 2 is 1.82 bits per heavy atom. The highest BCUT2D eigenvalue weighted by atomic mass is 32.2. The quantitative estimate of drug-likeness (QED) is 0.328. The lowest BCUT2D eigenvalue weighted by Gasteiger charge is -2.30. The smallest absolute Gasteiger partial charge is 0.410 e. The van der Waals surface area contributed by atoms with Crippen molar-refractivity contribution in [2.24, 2.45) is 11.8 Å². The molecule has 1 aromatic rings. The highest BCUT2D eigenvalue weighted by Crippen LogP contribution is 2.46. The summed E-state index contributed by atoms with van der Waals surface area (Å²) in [5, 5.41) is 2.21. The number of nitrogens with zero attached hydrogens (tertiary/aromatic N) is 2. The molecule has 13 nitrogen and oxygen atoms in total. The van der Waals surface area contributed by atoms with Crippen molar-refractivity contribution in [1.82, 2.24) is 19.8 Å². The van der Waals surface area contributed by atoms with Crippen molar-refractivity contribution in [2.45, 2.75) is 134 Å². The van der Waals surface area contributed by atoms with Gasteiger partial charge in [-0.2, -0.15) is 0 Å². The molecule has 0 bridgehead atoms. The maximum Gasteiger partial charge on any atom is 0.410 e. The predicted octanol–water partition coefficient (Wildman–Crippen LogP) is 3.77. The minimum atomic E-state index is -3.89. The number of fused-ring (bicyclic) bond motifs is 3. The summed E-state index contributed by atoms with van der Waals surface area (Å²) in [4.78, 5) is 71.6. The van der Waals surface area contributed by atoms with Gasteiger partial charge in [0.1, 0.15) is 23.3 Å². The van der Waals surface area contributed by atoms with Crippen molar-refractivity contribution < 1.29 is 41.9 Å². The van der Waals surface area contributed by atoms with Crippen LogP contribution in [0.25, 0.3) is 0 Å². The van der Waals surface area contributed by atoms with Crippen LogP contribution in [0.4, 0.5) is 4.79 Å². The number of sulfonamides is 1. The molecular formula is C37H50N4O9S. The fraction of sp³-hybridized carbons (Fsp3) is 0.649. The fourth-order valence-corrected chi connectivity index (χ4v) is 8.86. The zero-order valence-corrected chi connectivity index (χ0v) is 30.8. The number of carbonyl (C=O) groups excluding carboxylic acids is 5. The molecule has 14 heteroatoms. The van der Waals surface area contributed by atoms with Gasteiger partial charge in [-0.25, -0.2) is 13.2 Å². The second-order valence-corrected chi connectivity index (χ2v) is 17.8. The van der Waals surface area contributed by atoms with E-state index in [9.17, 15) is 32.4 Å². The first kappa shape index (κ1) is 36.8. The van der Waals surface area contributed by atoms with Crippen LogP contribution in [0.1, 0.15) is 102 Å². The Kier molecular flexibility index (Phi) is 10.3. The fourth-order valence-electron chi connectivity index (χ4n) is 7.50. The first-order chi connectivity index (χ1) is 24.1. The number of esters is 1. The van der Waals surface area contributed by atoms with Gasteiger partial charge in [0.2, 0.25) is 21.8 Å². The van der Waals surface area contributed by atoms with Crippen LogP contribution in [0, 0.1) is 18.8 Å². The Morgan fingerprint density at radius 3 is 2.53 bits per heavy atom. The minimum Gasteiger partial charge on any atom is -0.460 e. The molecule has 0 unspecified atom stereocenters. The third-order valence-electron chi connectivity index (χ3n) is 10.5. The van der Waals surface area contributed by atoms with Crippen LogP contribution in [0.3, 0.4) is 0 Å². The zero-order valence-electron chi connectivity index (χ0n) is 29.9. The van der Waals surface area contributed by atoms with Gasteiger partial charge in [-0.3, -0.25) is 28.8 Å². The van der Waals surface area contributed by atoms with Crippen LogP contribution in [0.2, 0.25) is 0 Å². The van der Waals surface area contributed by atoms with E-state index in [2.05, 4.69) is 10.0 Å². The van der Waals surface area contributed by atoms with Gasteiger partial charge in [-0.15, -0.1) is 0 Å². The Bertz CT molecular complexity index is 1720. The maximum absolute atomic E-state index is 14.4. The van der Waals surface area contributed by atoms with Crippen molar-refractivity contribution >= 4 is 39.8 Å². The lowest BCUT2D eigenvalue weighted by Crippen LogP contribution is -2.57. The summed E-state index contributed by atoms with van der Waals surface area (Å²) in [5.74, 6) is -3.61. The molecule has 3 heterocycles. The van der Waals surface area contributed by atoms with Crippen molar-refractivity contribution in [2.75, 3.05) is 6.54 Å². The average molecular weight is 727 g/mol. The second kappa shape index (κ2) is 14.2. The molecule has 0 radical (unpaired) electrons. The first-order valence-electron chi connectivity index (χ1n) is 18.2. The highest BCUT2D eigenvalue weighted by molar-refractivity contribution is 7.91. The van der Waals surface area contributed by atoms with Gasteiger partial charge in [0.25, 0.3) is 5.91 Å². The molecule has 4 amide bonds. The van der Waals surface area contributed by atoms with E-state index in [4.69, 9.17) is 9.47 Å². The highest BCUT2D eigenvalue weighted by Gasteiger charge is 2.62. The molecule has 6 rings (SSSR count).